The van der Waals surface area contributed by atoms with Crippen molar-refractivity contribution in [3.63, 3.8) is 0 Å². The summed E-state index contributed by atoms with van der Waals surface area (Å²) in [4.78, 5) is 22.6. The number of carboxylic acid groups (broad SMARTS) is 1. The molecule has 1 atom stereocenters. The SMILES string of the molecule is CCCc1ccc(C(NC(=O)CCCCC(=O)O)C(C)C)cc1. The molecule has 1 amide bonds. The average molecular weight is 319 g/mol. The Kier molecular flexibility index (Phi) is 8.38. The minimum absolute atomic E-state index is 0.00218. The largest absolute Gasteiger partial charge is 0.481 e. The van der Waals surface area contributed by atoms with Gasteiger partial charge in [-0.2, -0.15) is 0 Å². The maximum Gasteiger partial charge on any atom is 0.303 e. The van der Waals surface area contributed by atoms with Crippen LogP contribution in [-0.2, 0) is 16.0 Å². The first kappa shape index (κ1) is 19.2. The van der Waals surface area contributed by atoms with Gasteiger partial charge in [0.25, 0.3) is 0 Å². The fourth-order valence-electron chi connectivity index (χ4n) is 2.62. The molecule has 0 bridgehead atoms. The molecule has 0 saturated carbocycles. The smallest absolute Gasteiger partial charge is 0.303 e. The number of hydrogen-bond acceptors (Lipinski definition) is 2. The van der Waals surface area contributed by atoms with E-state index in [2.05, 4.69) is 50.4 Å². The molecule has 1 unspecified atom stereocenters. The molecule has 4 heteroatoms. The van der Waals surface area contributed by atoms with E-state index in [4.69, 9.17) is 5.11 Å². The Labute approximate surface area is 139 Å². The van der Waals surface area contributed by atoms with Gasteiger partial charge >= 0.3 is 5.97 Å². The van der Waals surface area contributed by atoms with E-state index in [9.17, 15) is 9.59 Å². The van der Waals surface area contributed by atoms with Crippen molar-refractivity contribution >= 4 is 11.9 Å². The highest BCUT2D eigenvalue weighted by molar-refractivity contribution is 5.76. The molecule has 0 saturated heterocycles. The van der Waals surface area contributed by atoms with Crippen molar-refractivity contribution in [2.24, 2.45) is 5.92 Å². The molecule has 1 aromatic carbocycles. The fraction of sp³-hybridized carbons (Fsp3) is 0.579. The molecule has 1 rings (SSSR count). The third-order valence-corrected chi connectivity index (χ3v) is 3.91. The lowest BCUT2D eigenvalue weighted by atomic mass is 9.94. The summed E-state index contributed by atoms with van der Waals surface area (Å²) in [6.07, 6.45) is 3.85. The minimum Gasteiger partial charge on any atom is -0.481 e. The molecule has 2 N–H and O–H groups in total. The number of nitrogens with one attached hydrogen (secondary N) is 1. The highest BCUT2D eigenvalue weighted by atomic mass is 16.4. The summed E-state index contributed by atoms with van der Waals surface area (Å²) in [5, 5.41) is 11.7. The van der Waals surface area contributed by atoms with E-state index in [1.807, 2.05) is 0 Å². The van der Waals surface area contributed by atoms with Gasteiger partial charge in [0, 0.05) is 12.8 Å². The van der Waals surface area contributed by atoms with Crippen LogP contribution in [0.5, 0.6) is 0 Å². The highest BCUT2D eigenvalue weighted by Gasteiger charge is 2.18. The van der Waals surface area contributed by atoms with Crippen LogP contribution in [0, 0.1) is 5.92 Å². The monoisotopic (exact) mass is 319 g/mol. The highest BCUT2D eigenvalue weighted by Crippen LogP contribution is 2.22. The molecule has 0 aliphatic carbocycles. The number of hydrogen-bond donors (Lipinski definition) is 2. The zero-order valence-corrected chi connectivity index (χ0v) is 14.5. The Bertz CT molecular complexity index is 494. The van der Waals surface area contributed by atoms with Crippen LogP contribution in [-0.4, -0.2) is 17.0 Å². The van der Waals surface area contributed by atoms with Gasteiger partial charge in [-0.3, -0.25) is 9.59 Å². The van der Waals surface area contributed by atoms with Crippen LogP contribution in [0.4, 0.5) is 0 Å². The molecule has 4 nitrogen and oxygen atoms in total. The molecule has 1 aromatic rings. The lowest BCUT2D eigenvalue weighted by Crippen LogP contribution is -2.31. The first-order chi connectivity index (χ1) is 10.9. The van der Waals surface area contributed by atoms with Crippen LogP contribution < -0.4 is 5.32 Å². The number of unbranched alkanes of at least 4 members (excludes halogenated alkanes) is 1. The Morgan fingerprint density at radius 2 is 1.70 bits per heavy atom. The number of rotatable bonds is 10. The third-order valence-electron chi connectivity index (χ3n) is 3.91. The van der Waals surface area contributed by atoms with Crippen LogP contribution in [0.2, 0.25) is 0 Å². The normalized spacial score (nSPS) is 12.2. The minimum atomic E-state index is -0.808. The van der Waals surface area contributed by atoms with Gasteiger partial charge in [-0.15, -0.1) is 0 Å². The zero-order chi connectivity index (χ0) is 17.2. The molecule has 0 spiro atoms. The van der Waals surface area contributed by atoms with Crippen molar-refractivity contribution in [1.82, 2.24) is 5.32 Å². The summed E-state index contributed by atoms with van der Waals surface area (Å²) in [6.45, 7) is 6.35. The molecule has 23 heavy (non-hydrogen) atoms. The lowest BCUT2D eigenvalue weighted by molar-refractivity contribution is -0.137. The van der Waals surface area contributed by atoms with Gasteiger partial charge in [-0.05, 0) is 36.3 Å². The molecule has 128 valence electrons. The third kappa shape index (κ3) is 7.31. The van der Waals surface area contributed by atoms with Crippen LogP contribution in [0.1, 0.15) is 70.0 Å². The van der Waals surface area contributed by atoms with Gasteiger partial charge in [-0.25, -0.2) is 0 Å². The number of aliphatic carboxylic acids is 1. The van der Waals surface area contributed by atoms with E-state index in [1.165, 1.54) is 5.56 Å². The summed E-state index contributed by atoms with van der Waals surface area (Å²) in [6, 6.07) is 8.46. The molecule has 0 aromatic heterocycles. The molecular formula is C19H29NO3. The number of carboxylic acids is 1. The van der Waals surface area contributed by atoms with Crippen molar-refractivity contribution in [3.8, 4) is 0 Å². The van der Waals surface area contributed by atoms with Crippen molar-refractivity contribution in [1.29, 1.82) is 0 Å². The predicted octanol–water partition coefficient (Wildman–Crippen LogP) is 4.10. The van der Waals surface area contributed by atoms with Crippen molar-refractivity contribution in [3.05, 3.63) is 35.4 Å². The van der Waals surface area contributed by atoms with Gasteiger partial charge in [0.1, 0.15) is 0 Å². The zero-order valence-electron chi connectivity index (χ0n) is 14.5. The summed E-state index contributed by atoms with van der Waals surface area (Å²) in [5.41, 5.74) is 2.44. The van der Waals surface area contributed by atoms with Gasteiger partial charge in [-0.1, -0.05) is 51.5 Å². The van der Waals surface area contributed by atoms with E-state index in [1.54, 1.807) is 0 Å². The Morgan fingerprint density at radius 3 is 2.22 bits per heavy atom. The van der Waals surface area contributed by atoms with Crippen molar-refractivity contribution in [2.45, 2.75) is 65.3 Å². The van der Waals surface area contributed by atoms with E-state index in [-0.39, 0.29) is 18.4 Å². The number of aryl methyl sites for hydroxylation is 1. The predicted molar refractivity (Wildman–Crippen MR) is 92.3 cm³/mol. The second-order valence-electron chi connectivity index (χ2n) is 6.38. The van der Waals surface area contributed by atoms with Crippen molar-refractivity contribution < 1.29 is 14.7 Å². The molecule has 0 radical (unpaired) electrons. The summed E-state index contributed by atoms with van der Waals surface area (Å²) in [7, 11) is 0. The average Bonchev–Trinajstić information content (AvgIpc) is 2.50. The number of benzene rings is 1. The van der Waals surface area contributed by atoms with E-state index in [0.29, 0.717) is 25.2 Å². The molecule has 0 aliphatic rings. The van der Waals surface area contributed by atoms with Gasteiger partial charge in [0.15, 0.2) is 0 Å². The van der Waals surface area contributed by atoms with Crippen LogP contribution in [0.15, 0.2) is 24.3 Å². The van der Waals surface area contributed by atoms with Gasteiger partial charge < -0.3 is 10.4 Å². The number of amides is 1. The quantitative estimate of drug-likeness (QED) is 0.638. The summed E-state index contributed by atoms with van der Waals surface area (Å²) >= 11 is 0. The second-order valence-corrected chi connectivity index (χ2v) is 6.38. The summed E-state index contributed by atoms with van der Waals surface area (Å²) in [5.74, 6) is -0.514. The van der Waals surface area contributed by atoms with Gasteiger partial charge in [0.2, 0.25) is 5.91 Å². The maximum atomic E-state index is 12.1. The molecular weight excluding hydrogens is 290 g/mol. The number of carbonyl (C=O) groups is 2. The molecule has 0 fully saturated rings. The Morgan fingerprint density at radius 1 is 1.09 bits per heavy atom. The topological polar surface area (TPSA) is 66.4 Å². The first-order valence-electron chi connectivity index (χ1n) is 8.54. The van der Waals surface area contributed by atoms with Crippen LogP contribution >= 0.6 is 0 Å². The van der Waals surface area contributed by atoms with E-state index < -0.39 is 5.97 Å². The second kappa shape index (κ2) is 10.0. The van der Waals surface area contributed by atoms with E-state index >= 15 is 0 Å². The standard InChI is InChI=1S/C19H29NO3/c1-4-7-15-10-12-16(13-11-15)19(14(2)3)20-17(21)8-5-6-9-18(22)23/h10-14,19H,4-9H2,1-3H3,(H,20,21)(H,22,23). The molecule has 0 aliphatic heterocycles. The Balaban J connectivity index is 2.57. The van der Waals surface area contributed by atoms with Crippen LogP contribution in [0.25, 0.3) is 0 Å². The van der Waals surface area contributed by atoms with Crippen LogP contribution in [0.3, 0.4) is 0 Å². The summed E-state index contributed by atoms with van der Waals surface area (Å²) < 4.78 is 0. The van der Waals surface area contributed by atoms with E-state index in [0.717, 1.165) is 18.4 Å². The maximum absolute atomic E-state index is 12.1. The Hall–Kier alpha value is -1.84. The lowest BCUT2D eigenvalue weighted by Gasteiger charge is -2.23. The van der Waals surface area contributed by atoms with Gasteiger partial charge in [0.05, 0.1) is 6.04 Å². The number of carbonyl (C=O) groups excluding carboxylic acids is 1. The fourth-order valence-corrected chi connectivity index (χ4v) is 2.62. The molecule has 0 heterocycles. The van der Waals surface area contributed by atoms with Crippen molar-refractivity contribution in [2.75, 3.05) is 0 Å². The first-order valence-corrected chi connectivity index (χ1v) is 8.54.